The van der Waals surface area contributed by atoms with Crippen LogP contribution in [0.5, 0.6) is 0 Å². The molecule has 0 N–H and O–H groups in total. The van der Waals surface area contributed by atoms with Gasteiger partial charge in [-0.25, -0.2) is 4.79 Å². The number of hydrogen-bond donors (Lipinski definition) is 0. The normalized spacial score (nSPS) is 22.5. The Morgan fingerprint density at radius 1 is 0.968 bits per heavy atom. The minimum Gasteiger partial charge on any atom is -0.485 e. The van der Waals surface area contributed by atoms with Crippen molar-refractivity contribution in [3.8, 4) is 0 Å². The maximum Gasteiger partial charge on any atom is 0.378 e. The van der Waals surface area contributed by atoms with Gasteiger partial charge in [0.25, 0.3) is 0 Å². The van der Waals surface area contributed by atoms with Crippen LogP contribution in [0.4, 0.5) is 0 Å². The third-order valence-corrected chi connectivity index (χ3v) is 5.68. The van der Waals surface area contributed by atoms with Gasteiger partial charge in [-0.15, -0.1) is 0 Å². The minimum atomic E-state index is -0.794. The molecule has 2 aromatic rings. The first-order valence-corrected chi connectivity index (χ1v) is 10.6. The van der Waals surface area contributed by atoms with E-state index in [-0.39, 0.29) is 31.3 Å². The van der Waals surface area contributed by atoms with Gasteiger partial charge >= 0.3 is 5.97 Å². The first-order valence-electron chi connectivity index (χ1n) is 9.83. The van der Waals surface area contributed by atoms with Crippen molar-refractivity contribution in [1.29, 1.82) is 0 Å². The maximum atomic E-state index is 12.7. The molecule has 0 spiro atoms. The van der Waals surface area contributed by atoms with Gasteiger partial charge in [0.2, 0.25) is 5.76 Å². The summed E-state index contributed by atoms with van der Waals surface area (Å²) in [7, 11) is 0. The average molecular weight is 465 g/mol. The molecule has 0 unspecified atom stereocenters. The van der Waals surface area contributed by atoms with Crippen molar-refractivity contribution < 1.29 is 28.5 Å². The average Bonchev–Trinajstić information content (AvgIpc) is 3.25. The lowest BCUT2D eigenvalue weighted by Crippen LogP contribution is -2.33. The van der Waals surface area contributed by atoms with E-state index in [2.05, 4.69) is 0 Å². The zero-order valence-corrected chi connectivity index (χ0v) is 18.6. The molecule has 1 fully saturated rings. The molecule has 0 saturated carbocycles. The molecule has 0 amide bonds. The summed E-state index contributed by atoms with van der Waals surface area (Å²) in [6, 6.07) is 14.5. The van der Waals surface area contributed by atoms with E-state index in [1.54, 1.807) is 26.0 Å². The predicted molar refractivity (Wildman–Crippen MR) is 114 cm³/mol. The Bertz CT molecular complexity index is 1000. The topological polar surface area (TPSA) is 63.2 Å². The van der Waals surface area contributed by atoms with Crippen molar-refractivity contribution in [1.82, 2.24) is 0 Å². The van der Waals surface area contributed by atoms with Crippen molar-refractivity contribution in [3.63, 3.8) is 0 Å². The van der Waals surface area contributed by atoms with Crippen LogP contribution in [-0.4, -0.2) is 30.6 Å². The highest BCUT2D eigenvalue weighted by Gasteiger charge is 2.48. The summed E-state index contributed by atoms with van der Waals surface area (Å²) in [6.45, 7) is 4.07. The number of cyclic esters (lactones) is 1. The number of esters is 1. The minimum absolute atomic E-state index is 0.00900. The molecule has 31 heavy (non-hydrogen) atoms. The van der Waals surface area contributed by atoms with Crippen LogP contribution in [0.25, 0.3) is 0 Å². The van der Waals surface area contributed by atoms with E-state index in [0.29, 0.717) is 10.0 Å². The standard InChI is InChI=1S/C23H22Cl2O6/c1-23(2)29-13-18(31-23)19-20(27-11-14-7-3-5-9-16(14)24)21(22(26)30-19)28-12-15-8-4-6-10-17(15)25/h3-10,18-19H,11-13H2,1-2H3/t18-,19+/m0/s1. The number of benzene rings is 2. The van der Waals surface area contributed by atoms with E-state index in [9.17, 15) is 4.79 Å². The number of ether oxygens (including phenoxy) is 5. The second-order valence-corrected chi connectivity index (χ2v) is 8.46. The molecule has 2 aliphatic rings. The van der Waals surface area contributed by atoms with Gasteiger partial charge < -0.3 is 23.7 Å². The molecule has 2 aromatic carbocycles. The van der Waals surface area contributed by atoms with Crippen LogP contribution < -0.4 is 0 Å². The van der Waals surface area contributed by atoms with Gasteiger partial charge in [0, 0.05) is 21.2 Å². The van der Waals surface area contributed by atoms with Crippen molar-refractivity contribution in [2.75, 3.05) is 6.61 Å². The number of halogens is 2. The Labute approximate surface area is 190 Å². The van der Waals surface area contributed by atoms with Crippen molar-refractivity contribution >= 4 is 29.2 Å². The summed E-state index contributed by atoms with van der Waals surface area (Å²) in [5, 5.41) is 1.10. The Morgan fingerprint density at radius 3 is 2.10 bits per heavy atom. The van der Waals surface area contributed by atoms with Gasteiger partial charge in [0.1, 0.15) is 19.3 Å². The number of hydrogen-bond acceptors (Lipinski definition) is 6. The van der Waals surface area contributed by atoms with Gasteiger partial charge in [0.05, 0.1) is 6.61 Å². The monoisotopic (exact) mass is 464 g/mol. The van der Waals surface area contributed by atoms with E-state index >= 15 is 0 Å². The highest BCUT2D eigenvalue weighted by atomic mass is 35.5. The second-order valence-electron chi connectivity index (χ2n) is 7.65. The summed E-state index contributed by atoms with van der Waals surface area (Å²) in [5.41, 5.74) is 1.50. The first kappa shape index (κ1) is 22.0. The van der Waals surface area contributed by atoms with Gasteiger partial charge in [-0.3, -0.25) is 0 Å². The van der Waals surface area contributed by atoms with Crippen LogP contribution in [0, 0.1) is 0 Å². The highest BCUT2D eigenvalue weighted by molar-refractivity contribution is 6.31. The van der Waals surface area contributed by atoms with Crippen LogP contribution in [-0.2, 0) is 41.7 Å². The fourth-order valence-corrected chi connectivity index (χ4v) is 3.76. The molecule has 0 aliphatic carbocycles. The van der Waals surface area contributed by atoms with Gasteiger partial charge in [-0.2, -0.15) is 0 Å². The molecular weight excluding hydrogens is 443 g/mol. The molecule has 2 aliphatic heterocycles. The van der Waals surface area contributed by atoms with Crippen molar-refractivity contribution in [3.05, 3.63) is 81.2 Å². The quantitative estimate of drug-likeness (QED) is 0.536. The van der Waals surface area contributed by atoms with Crippen LogP contribution in [0.15, 0.2) is 60.0 Å². The van der Waals surface area contributed by atoms with Gasteiger partial charge in [-0.05, 0) is 26.0 Å². The molecule has 0 aromatic heterocycles. The fraction of sp³-hybridized carbons (Fsp3) is 0.348. The predicted octanol–water partition coefficient (Wildman–Crippen LogP) is 5.02. The Hall–Kier alpha value is -2.25. The third-order valence-electron chi connectivity index (χ3n) is 4.94. The number of rotatable bonds is 7. The zero-order valence-electron chi connectivity index (χ0n) is 17.1. The summed E-state index contributed by atoms with van der Waals surface area (Å²) in [4.78, 5) is 12.7. The lowest BCUT2D eigenvalue weighted by atomic mass is 10.1. The molecule has 1 saturated heterocycles. The van der Waals surface area contributed by atoms with Crippen LogP contribution in [0.3, 0.4) is 0 Å². The van der Waals surface area contributed by atoms with Gasteiger partial charge in [-0.1, -0.05) is 59.6 Å². The number of carbonyl (C=O) groups excluding carboxylic acids is 1. The largest absolute Gasteiger partial charge is 0.485 e. The van der Waals surface area contributed by atoms with Crippen LogP contribution in [0.1, 0.15) is 25.0 Å². The lowest BCUT2D eigenvalue weighted by Gasteiger charge is -2.22. The van der Waals surface area contributed by atoms with E-state index in [1.165, 1.54) is 0 Å². The van der Waals surface area contributed by atoms with E-state index in [4.69, 9.17) is 46.9 Å². The first-order chi connectivity index (χ1) is 14.8. The van der Waals surface area contributed by atoms with E-state index in [0.717, 1.165) is 11.1 Å². The molecule has 2 atom stereocenters. The Kier molecular flexibility index (Phi) is 6.44. The summed E-state index contributed by atoms with van der Waals surface area (Å²) >= 11 is 12.5. The molecule has 2 heterocycles. The van der Waals surface area contributed by atoms with E-state index < -0.39 is 24.0 Å². The van der Waals surface area contributed by atoms with Crippen LogP contribution >= 0.6 is 23.2 Å². The molecule has 8 heteroatoms. The van der Waals surface area contributed by atoms with Crippen molar-refractivity contribution in [2.45, 2.75) is 45.1 Å². The van der Waals surface area contributed by atoms with E-state index in [1.807, 2.05) is 36.4 Å². The molecule has 0 bridgehead atoms. The third kappa shape index (κ3) is 4.99. The Morgan fingerprint density at radius 2 is 1.55 bits per heavy atom. The molecular formula is C23H22Cl2O6. The highest BCUT2D eigenvalue weighted by Crippen LogP contribution is 2.35. The number of carbonyl (C=O) groups is 1. The zero-order chi connectivity index (χ0) is 22.0. The summed E-state index contributed by atoms with van der Waals surface area (Å²) < 4.78 is 29.0. The summed E-state index contributed by atoms with van der Waals surface area (Å²) in [6.07, 6.45) is -1.32. The molecule has 6 nitrogen and oxygen atoms in total. The van der Waals surface area contributed by atoms with Gasteiger partial charge in [0.15, 0.2) is 17.7 Å². The molecule has 164 valence electrons. The van der Waals surface area contributed by atoms with Crippen LogP contribution in [0.2, 0.25) is 10.0 Å². The smallest absolute Gasteiger partial charge is 0.378 e. The lowest BCUT2D eigenvalue weighted by molar-refractivity contribution is -0.164. The molecule has 0 radical (unpaired) electrons. The Balaban J connectivity index is 1.59. The summed E-state index contributed by atoms with van der Waals surface area (Å²) in [5.74, 6) is -1.17. The van der Waals surface area contributed by atoms with Crippen molar-refractivity contribution in [2.24, 2.45) is 0 Å². The molecule has 4 rings (SSSR count). The SMILES string of the molecule is CC1(C)OC[C@@H]([C@H]2OC(=O)C(OCc3ccccc3Cl)=C2OCc2ccccc2Cl)O1. The second kappa shape index (κ2) is 9.09. The maximum absolute atomic E-state index is 12.7. The fourth-order valence-electron chi connectivity index (χ4n) is 3.38.